The summed E-state index contributed by atoms with van der Waals surface area (Å²) in [6.07, 6.45) is 1.61. The summed E-state index contributed by atoms with van der Waals surface area (Å²) < 4.78 is 18.1. The van der Waals surface area contributed by atoms with Crippen LogP contribution in [0.5, 0.6) is 5.75 Å². The summed E-state index contributed by atoms with van der Waals surface area (Å²) in [6.45, 7) is 4.15. The van der Waals surface area contributed by atoms with Crippen LogP contribution in [0.1, 0.15) is 28.7 Å². The molecule has 0 aliphatic heterocycles. The molecule has 27 heavy (non-hydrogen) atoms. The van der Waals surface area contributed by atoms with Crippen molar-refractivity contribution in [3.8, 4) is 5.75 Å². The average molecular weight is 371 g/mol. The van der Waals surface area contributed by atoms with Crippen molar-refractivity contribution in [2.24, 2.45) is 5.84 Å². The molecule has 0 bridgehead atoms. The van der Waals surface area contributed by atoms with E-state index in [0.717, 1.165) is 17.0 Å². The first-order valence-electron chi connectivity index (χ1n) is 8.49. The number of hydrogen-bond donors (Lipinski definition) is 2. The van der Waals surface area contributed by atoms with Gasteiger partial charge >= 0.3 is 5.97 Å². The number of hydrogen-bond acceptors (Lipinski definition) is 6. The highest BCUT2D eigenvalue weighted by Crippen LogP contribution is 2.31. The molecule has 0 aliphatic carbocycles. The molecule has 0 unspecified atom stereocenters. The van der Waals surface area contributed by atoms with Crippen LogP contribution in [0, 0.1) is 6.92 Å². The van der Waals surface area contributed by atoms with Crippen molar-refractivity contribution in [2.45, 2.75) is 20.4 Å². The number of hydrazine groups is 1. The molecule has 1 amide bonds. The molecule has 0 fully saturated rings. The predicted octanol–water partition coefficient (Wildman–Crippen LogP) is 2.14. The Hall–Kier alpha value is -3.26. The Labute approximate surface area is 155 Å². The van der Waals surface area contributed by atoms with Crippen LogP contribution in [0.25, 0.3) is 10.9 Å². The van der Waals surface area contributed by atoms with Gasteiger partial charge in [0.15, 0.2) is 6.61 Å². The fourth-order valence-corrected chi connectivity index (χ4v) is 2.96. The van der Waals surface area contributed by atoms with Crippen molar-refractivity contribution in [3.05, 3.63) is 53.6 Å². The van der Waals surface area contributed by atoms with Gasteiger partial charge in [0, 0.05) is 16.6 Å². The van der Waals surface area contributed by atoms with Crippen LogP contribution in [0.3, 0.4) is 0 Å². The first kappa shape index (κ1) is 18.5. The van der Waals surface area contributed by atoms with E-state index in [2.05, 4.69) is 0 Å². The van der Waals surface area contributed by atoms with E-state index in [1.54, 1.807) is 25.3 Å². The molecular weight excluding hydrogens is 350 g/mol. The molecule has 142 valence electrons. The molecule has 0 atom stereocenters. The number of ether oxygens (including phenoxy) is 2. The number of furan rings is 1. The quantitative estimate of drug-likeness (QED) is 0.285. The summed E-state index contributed by atoms with van der Waals surface area (Å²) in [4.78, 5) is 23.8. The molecular formula is C19H21N3O5. The molecule has 0 radical (unpaired) electrons. The van der Waals surface area contributed by atoms with Crippen molar-refractivity contribution in [1.82, 2.24) is 9.99 Å². The highest BCUT2D eigenvalue weighted by Gasteiger charge is 2.22. The molecule has 8 nitrogen and oxygen atoms in total. The number of aromatic nitrogens is 1. The molecule has 3 N–H and O–H groups in total. The minimum atomic E-state index is -0.452. The van der Waals surface area contributed by atoms with Crippen LogP contribution in [-0.4, -0.2) is 29.7 Å². The SMILES string of the molecule is CCOC(=O)c1c(C)n(Cc2ccco2)c2ccc(OCC(=O)NN)cc12. The summed E-state index contributed by atoms with van der Waals surface area (Å²) in [6, 6.07) is 8.98. The lowest BCUT2D eigenvalue weighted by Crippen LogP contribution is -2.34. The first-order valence-corrected chi connectivity index (χ1v) is 8.49. The molecule has 1 aromatic carbocycles. The zero-order valence-corrected chi connectivity index (χ0v) is 15.2. The lowest BCUT2D eigenvalue weighted by Gasteiger charge is -2.07. The largest absolute Gasteiger partial charge is 0.484 e. The number of nitrogens with zero attached hydrogens (tertiary/aromatic N) is 1. The van der Waals surface area contributed by atoms with Gasteiger partial charge in [-0.1, -0.05) is 0 Å². The molecule has 3 aromatic rings. The molecule has 0 saturated carbocycles. The zero-order valence-electron chi connectivity index (χ0n) is 15.2. The standard InChI is InChI=1S/C19H21N3O5/c1-3-25-19(24)18-12(2)22(10-14-5-4-8-26-14)16-7-6-13(9-15(16)18)27-11-17(23)21-20/h4-9H,3,10-11,20H2,1-2H3,(H,21,23). The number of carbonyl (C=O) groups is 2. The van der Waals surface area contributed by atoms with Gasteiger partial charge in [-0.3, -0.25) is 10.2 Å². The van der Waals surface area contributed by atoms with Crippen LogP contribution in [-0.2, 0) is 16.1 Å². The van der Waals surface area contributed by atoms with Crippen LogP contribution in [0.4, 0.5) is 0 Å². The van der Waals surface area contributed by atoms with E-state index >= 15 is 0 Å². The Kier molecular flexibility index (Phi) is 5.46. The van der Waals surface area contributed by atoms with E-state index in [1.165, 1.54) is 0 Å². The van der Waals surface area contributed by atoms with Crippen LogP contribution in [0.15, 0.2) is 41.0 Å². The molecule has 2 aromatic heterocycles. The number of benzene rings is 1. The number of fused-ring (bicyclic) bond motifs is 1. The zero-order chi connectivity index (χ0) is 19.4. The molecule has 0 spiro atoms. The first-order chi connectivity index (χ1) is 13.0. The lowest BCUT2D eigenvalue weighted by atomic mass is 10.1. The molecule has 2 heterocycles. The number of carbonyl (C=O) groups excluding carboxylic acids is 2. The Balaban J connectivity index is 2.06. The van der Waals surface area contributed by atoms with Gasteiger partial charge in [0.25, 0.3) is 5.91 Å². The van der Waals surface area contributed by atoms with E-state index in [1.807, 2.05) is 35.1 Å². The summed E-state index contributed by atoms with van der Waals surface area (Å²) in [5.41, 5.74) is 4.07. The van der Waals surface area contributed by atoms with E-state index in [9.17, 15) is 9.59 Å². The van der Waals surface area contributed by atoms with E-state index < -0.39 is 11.9 Å². The minimum Gasteiger partial charge on any atom is -0.484 e. The molecule has 8 heteroatoms. The van der Waals surface area contributed by atoms with Crippen LogP contribution >= 0.6 is 0 Å². The normalized spacial score (nSPS) is 10.8. The highest BCUT2D eigenvalue weighted by atomic mass is 16.5. The maximum absolute atomic E-state index is 12.5. The second-order valence-corrected chi connectivity index (χ2v) is 5.88. The molecule has 3 rings (SSSR count). The molecule has 0 aliphatic rings. The summed E-state index contributed by atoms with van der Waals surface area (Å²) in [5, 5.41) is 0.683. The summed E-state index contributed by atoms with van der Waals surface area (Å²) >= 11 is 0. The minimum absolute atomic E-state index is 0.219. The fourth-order valence-electron chi connectivity index (χ4n) is 2.96. The number of rotatable bonds is 7. The maximum Gasteiger partial charge on any atom is 0.340 e. The van der Waals surface area contributed by atoms with Gasteiger partial charge in [0.2, 0.25) is 0 Å². The van der Waals surface area contributed by atoms with Crippen molar-refractivity contribution in [3.63, 3.8) is 0 Å². The third-order valence-electron chi connectivity index (χ3n) is 4.20. The number of esters is 1. The number of nitrogens with one attached hydrogen (secondary N) is 1. The Morgan fingerprint density at radius 2 is 2.11 bits per heavy atom. The van der Waals surface area contributed by atoms with Crippen LogP contribution in [0.2, 0.25) is 0 Å². The van der Waals surface area contributed by atoms with E-state index in [4.69, 9.17) is 19.7 Å². The van der Waals surface area contributed by atoms with Gasteiger partial charge in [-0.05, 0) is 44.2 Å². The third kappa shape index (κ3) is 3.80. The number of amides is 1. The van der Waals surface area contributed by atoms with Gasteiger partial charge in [-0.2, -0.15) is 0 Å². The smallest absolute Gasteiger partial charge is 0.340 e. The van der Waals surface area contributed by atoms with E-state index in [-0.39, 0.29) is 13.2 Å². The van der Waals surface area contributed by atoms with Crippen molar-refractivity contribution < 1.29 is 23.5 Å². The van der Waals surface area contributed by atoms with Gasteiger partial charge in [0.05, 0.1) is 25.0 Å². The van der Waals surface area contributed by atoms with Gasteiger partial charge in [-0.25, -0.2) is 10.6 Å². The van der Waals surface area contributed by atoms with Gasteiger partial charge in [-0.15, -0.1) is 0 Å². The van der Waals surface area contributed by atoms with Crippen LogP contribution < -0.4 is 16.0 Å². The predicted molar refractivity (Wildman–Crippen MR) is 98.3 cm³/mol. The summed E-state index contributed by atoms with van der Waals surface area (Å²) in [5.74, 6) is 5.42. The average Bonchev–Trinajstić information content (AvgIpc) is 3.26. The van der Waals surface area contributed by atoms with Gasteiger partial charge in [0.1, 0.15) is 11.5 Å². The Bertz CT molecular complexity index is 960. The Morgan fingerprint density at radius 3 is 2.78 bits per heavy atom. The third-order valence-corrected chi connectivity index (χ3v) is 4.20. The monoisotopic (exact) mass is 371 g/mol. The van der Waals surface area contributed by atoms with Gasteiger partial charge < -0.3 is 18.5 Å². The highest BCUT2D eigenvalue weighted by molar-refractivity contribution is 6.06. The second kappa shape index (κ2) is 7.96. The molecule has 0 saturated heterocycles. The second-order valence-electron chi connectivity index (χ2n) is 5.88. The lowest BCUT2D eigenvalue weighted by molar-refractivity contribution is -0.123. The topological polar surface area (TPSA) is 109 Å². The van der Waals surface area contributed by atoms with Crippen molar-refractivity contribution in [2.75, 3.05) is 13.2 Å². The maximum atomic E-state index is 12.5. The fraction of sp³-hybridized carbons (Fsp3) is 0.263. The number of nitrogens with two attached hydrogens (primary N) is 1. The van der Waals surface area contributed by atoms with Crippen molar-refractivity contribution in [1.29, 1.82) is 0 Å². The summed E-state index contributed by atoms with van der Waals surface area (Å²) in [7, 11) is 0. The van der Waals surface area contributed by atoms with Crippen molar-refractivity contribution >= 4 is 22.8 Å². The Morgan fingerprint density at radius 1 is 1.30 bits per heavy atom. The van der Waals surface area contributed by atoms with E-state index in [0.29, 0.717) is 23.2 Å².